The molecule has 41 valence electrons. The van der Waals surface area contributed by atoms with E-state index in [1.54, 1.807) is 23.3 Å². The Morgan fingerprint density at radius 1 is 1.22 bits per heavy atom. The van der Waals surface area contributed by atoms with E-state index in [4.69, 9.17) is 0 Å². The van der Waals surface area contributed by atoms with E-state index < -0.39 is 0 Å². The molecule has 0 aliphatic rings. The molecule has 2 heteroatoms. The van der Waals surface area contributed by atoms with E-state index in [9.17, 15) is 0 Å². The fraction of sp³-hybridized carbons (Fsp3) is 0.143. The van der Waals surface area contributed by atoms with Gasteiger partial charge in [0.2, 0.25) is 0 Å². The van der Waals surface area contributed by atoms with Crippen molar-refractivity contribution in [2.75, 3.05) is 0 Å². The van der Waals surface area contributed by atoms with E-state index in [1.807, 2.05) is 0 Å². The standard InChI is InChI=1S/C7H7Si.Zr/c1-6-2-4-7(8)5-3-6;/h2-5H,1H3;/q;+2. The zero-order chi connectivity index (χ0) is 6.69. The van der Waals surface area contributed by atoms with E-state index >= 15 is 0 Å². The van der Waals surface area contributed by atoms with Gasteiger partial charge in [-0.15, -0.1) is 0 Å². The maximum absolute atomic E-state index is 2.21. The molecule has 0 saturated carbocycles. The molecule has 1 rings (SSSR count). The van der Waals surface area contributed by atoms with Crippen molar-refractivity contribution in [3.8, 4) is 0 Å². The van der Waals surface area contributed by atoms with Gasteiger partial charge in [-0.2, -0.15) is 0 Å². The van der Waals surface area contributed by atoms with Gasteiger partial charge >= 0.3 is 71.4 Å². The SMILES string of the molecule is Cc1ccc([Si]=[Zr+2])cc1. The first-order chi connectivity index (χ1) is 4.33. The third-order valence-electron chi connectivity index (χ3n) is 1.20. The molecule has 0 aromatic heterocycles. The summed E-state index contributed by atoms with van der Waals surface area (Å²) in [6, 6.07) is 8.77. The molecule has 0 amide bonds. The molecule has 0 aliphatic carbocycles. The molecule has 0 unspecified atom stereocenters. The molecule has 0 nitrogen and oxygen atoms in total. The Morgan fingerprint density at radius 2 is 1.78 bits per heavy atom. The molecule has 0 N–H and O–H groups in total. The molecular formula is C7H7SiZr+2. The van der Waals surface area contributed by atoms with E-state index in [0.29, 0.717) is 0 Å². The predicted octanol–water partition coefficient (Wildman–Crippen LogP) is 0.786. The molecule has 0 atom stereocenters. The number of benzene rings is 1. The molecule has 1 aromatic rings. The van der Waals surface area contributed by atoms with Crippen LogP contribution in [0.1, 0.15) is 5.56 Å². The number of aryl methyl sites for hydroxylation is 1. The summed E-state index contributed by atoms with van der Waals surface area (Å²) in [5.74, 6) is 0. The zero-order valence-electron chi connectivity index (χ0n) is 5.31. The third-order valence-corrected chi connectivity index (χ3v) is 3.95. The molecule has 0 spiro atoms. The normalized spacial score (nSPS) is 9.22. The summed E-state index contributed by atoms with van der Waals surface area (Å²) in [5.41, 5.74) is 1.35. The van der Waals surface area contributed by atoms with Crippen molar-refractivity contribution < 1.29 is 23.3 Å². The molecule has 1 aromatic carbocycles. The van der Waals surface area contributed by atoms with E-state index in [1.165, 1.54) is 10.8 Å². The van der Waals surface area contributed by atoms with Crippen molar-refractivity contribution >= 4 is 11.3 Å². The summed E-state index contributed by atoms with van der Waals surface area (Å²) in [7, 11) is 0. The average molecular weight is 210 g/mol. The van der Waals surface area contributed by atoms with Gasteiger partial charge in [0.1, 0.15) is 0 Å². The fourth-order valence-corrected chi connectivity index (χ4v) is 2.20. The second-order valence-corrected chi connectivity index (χ2v) is 4.66. The van der Waals surface area contributed by atoms with E-state index in [0.717, 1.165) is 6.16 Å². The van der Waals surface area contributed by atoms with Crippen LogP contribution in [0.15, 0.2) is 24.3 Å². The monoisotopic (exact) mass is 209 g/mol. The summed E-state index contributed by atoms with van der Waals surface area (Å²) < 4.78 is 0. The van der Waals surface area contributed by atoms with Crippen molar-refractivity contribution in [1.29, 1.82) is 0 Å². The first kappa shape index (κ1) is 7.43. The summed E-state index contributed by atoms with van der Waals surface area (Å²) in [6.07, 6.45) is 1.02. The van der Waals surface area contributed by atoms with Crippen LogP contribution in [0.4, 0.5) is 0 Å². The van der Waals surface area contributed by atoms with Gasteiger partial charge < -0.3 is 0 Å². The molecule has 0 bridgehead atoms. The van der Waals surface area contributed by atoms with Gasteiger partial charge in [0.15, 0.2) is 0 Å². The van der Waals surface area contributed by atoms with Crippen LogP contribution in [0.3, 0.4) is 0 Å². The minimum atomic E-state index is 1.02. The Balaban J connectivity index is 3.01. The minimum absolute atomic E-state index is 1.02. The van der Waals surface area contributed by atoms with Gasteiger partial charge in [0.05, 0.1) is 0 Å². The summed E-state index contributed by atoms with van der Waals surface area (Å²) in [4.78, 5) is 0. The molecule has 9 heavy (non-hydrogen) atoms. The molecule has 1 radical (unpaired) electrons. The van der Waals surface area contributed by atoms with E-state index in [2.05, 4.69) is 31.2 Å². The Hall–Kier alpha value is 0.320. The van der Waals surface area contributed by atoms with Crippen molar-refractivity contribution in [2.45, 2.75) is 6.92 Å². The van der Waals surface area contributed by atoms with Crippen LogP contribution in [0, 0.1) is 6.92 Å². The van der Waals surface area contributed by atoms with Gasteiger partial charge in [-0.25, -0.2) is 0 Å². The first-order valence-corrected chi connectivity index (χ1v) is 7.51. The summed E-state index contributed by atoms with van der Waals surface area (Å²) in [6.45, 7) is 2.12. The maximum atomic E-state index is 2.21. The fourth-order valence-electron chi connectivity index (χ4n) is 0.637. The van der Waals surface area contributed by atoms with Gasteiger partial charge in [-0.1, -0.05) is 0 Å². The van der Waals surface area contributed by atoms with Crippen LogP contribution < -0.4 is 5.19 Å². The predicted molar refractivity (Wildman–Crippen MR) is 36.6 cm³/mol. The first-order valence-electron chi connectivity index (χ1n) is 2.82. The third kappa shape index (κ3) is 2.19. The number of hydrogen-bond acceptors (Lipinski definition) is 0. The molecular weight excluding hydrogens is 203 g/mol. The topological polar surface area (TPSA) is 0 Å². The Labute approximate surface area is 71.3 Å². The second-order valence-electron chi connectivity index (χ2n) is 1.99. The Bertz CT molecular complexity index is 203. The van der Waals surface area contributed by atoms with Crippen LogP contribution in [0.2, 0.25) is 0 Å². The average Bonchev–Trinajstić information content (AvgIpc) is 1.90. The van der Waals surface area contributed by atoms with Crippen molar-refractivity contribution in [2.24, 2.45) is 0 Å². The summed E-state index contributed by atoms with van der Waals surface area (Å²) in [5, 5.41) is 1.48. The van der Waals surface area contributed by atoms with Gasteiger partial charge in [-0.05, 0) is 0 Å². The molecule has 0 saturated heterocycles. The Kier molecular flexibility index (Phi) is 2.87. The van der Waals surface area contributed by atoms with Gasteiger partial charge in [0, 0.05) is 0 Å². The van der Waals surface area contributed by atoms with Crippen molar-refractivity contribution in [3.63, 3.8) is 0 Å². The number of hydrogen-bond donors (Lipinski definition) is 0. The quantitative estimate of drug-likeness (QED) is 0.601. The molecule has 0 aliphatic heterocycles. The van der Waals surface area contributed by atoms with Crippen LogP contribution >= 0.6 is 0 Å². The van der Waals surface area contributed by atoms with E-state index in [-0.39, 0.29) is 0 Å². The van der Waals surface area contributed by atoms with Crippen molar-refractivity contribution in [3.05, 3.63) is 29.8 Å². The van der Waals surface area contributed by atoms with Crippen LogP contribution in [-0.4, -0.2) is 6.16 Å². The zero-order valence-corrected chi connectivity index (χ0v) is 8.77. The van der Waals surface area contributed by atoms with Gasteiger partial charge in [-0.3, -0.25) is 0 Å². The van der Waals surface area contributed by atoms with Crippen LogP contribution in [0.5, 0.6) is 0 Å². The van der Waals surface area contributed by atoms with Gasteiger partial charge in [0.25, 0.3) is 0 Å². The molecule has 0 fully saturated rings. The van der Waals surface area contributed by atoms with Crippen molar-refractivity contribution in [1.82, 2.24) is 0 Å². The van der Waals surface area contributed by atoms with Crippen LogP contribution in [0.25, 0.3) is 0 Å². The van der Waals surface area contributed by atoms with Crippen LogP contribution in [-0.2, 0) is 23.3 Å². The number of rotatable bonds is 1. The second kappa shape index (κ2) is 3.48. The summed E-state index contributed by atoms with van der Waals surface area (Å²) >= 11 is 1.62. The molecule has 0 heterocycles. The Morgan fingerprint density at radius 3 is 2.22 bits per heavy atom.